The SMILES string of the molecule is CC(=O)C1=NN(c2ccc(C)cc2)C(c2ccccc2OCc2ccccc2Cl)N1c1ccc(N2CCOCC2)c(Cl)c1. The normalized spacial score (nSPS) is 16.8. The number of morpholine rings is 1. The fourth-order valence-corrected chi connectivity index (χ4v) is 5.89. The highest BCUT2D eigenvalue weighted by atomic mass is 35.5. The Morgan fingerprint density at radius 2 is 1.60 bits per heavy atom. The Balaban J connectivity index is 1.44. The van der Waals surface area contributed by atoms with Gasteiger partial charge < -0.3 is 14.4 Å². The van der Waals surface area contributed by atoms with Crippen molar-refractivity contribution in [1.29, 1.82) is 0 Å². The van der Waals surface area contributed by atoms with Gasteiger partial charge in [-0.25, -0.2) is 5.01 Å². The molecule has 4 aromatic rings. The molecule has 6 rings (SSSR count). The number of nitrogens with zero attached hydrogens (tertiary/aromatic N) is 4. The summed E-state index contributed by atoms with van der Waals surface area (Å²) in [5.74, 6) is 0.801. The summed E-state index contributed by atoms with van der Waals surface area (Å²) < 4.78 is 11.9. The van der Waals surface area contributed by atoms with Crippen molar-refractivity contribution in [3.05, 3.63) is 118 Å². The van der Waals surface area contributed by atoms with Crippen LogP contribution in [-0.4, -0.2) is 37.9 Å². The van der Waals surface area contributed by atoms with E-state index in [1.165, 1.54) is 6.92 Å². The van der Waals surface area contributed by atoms with Crippen LogP contribution in [0.15, 0.2) is 96.1 Å². The Bertz CT molecular complexity index is 1650. The molecule has 0 bridgehead atoms. The number of aryl methyl sites for hydroxylation is 1. The van der Waals surface area contributed by atoms with Crippen LogP contribution in [0.1, 0.15) is 29.8 Å². The van der Waals surface area contributed by atoms with Crippen molar-refractivity contribution >= 4 is 51.9 Å². The van der Waals surface area contributed by atoms with Crippen molar-refractivity contribution in [1.82, 2.24) is 0 Å². The minimum Gasteiger partial charge on any atom is -0.488 e. The summed E-state index contributed by atoms with van der Waals surface area (Å²) in [7, 11) is 0. The highest BCUT2D eigenvalue weighted by molar-refractivity contribution is 6.44. The molecule has 1 unspecified atom stereocenters. The lowest BCUT2D eigenvalue weighted by molar-refractivity contribution is -0.111. The van der Waals surface area contributed by atoms with Gasteiger partial charge in [0.1, 0.15) is 12.4 Å². The number of hydrogen-bond donors (Lipinski definition) is 0. The van der Waals surface area contributed by atoms with Crippen molar-refractivity contribution in [2.45, 2.75) is 26.6 Å². The Kier molecular flexibility index (Phi) is 8.56. The van der Waals surface area contributed by atoms with Crippen molar-refractivity contribution in [3.8, 4) is 5.75 Å². The molecule has 1 saturated heterocycles. The summed E-state index contributed by atoms with van der Waals surface area (Å²) in [6, 6.07) is 29.4. The summed E-state index contributed by atoms with van der Waals surface area (Å²) in [5.41, 5.74) is 5.36. The number of halogens is 2. The van der Waals surface area contributed by atoms with Gasteiger partial charge in [0, 0.05) is 41.9 Å². The maximum atomic E-state index is 13.2. The number of benzene rings is 4. The second kappa shape index (κ2) is 12.7. The van der Waals surface area contributed by atoms with Crippen LogP contribution in [0.25, 0.3) is 0 Å². The Morgan fingerprint density at radius 3 is 2.33 bits per heavy atom. The highest BCUT2D eigenvalue weighted by Gasteiger charge is 2.41. The van der Waals surface area contributed by atoms with Gasteiger partial charge in [-0.15, -0.1) is 5.10 Å². The molecule has 9 heteroatoms. The number of carbonyl (C=O) groups excluding carboxylic acids is 1. The lowest BCUT2D eigenvalue weighted by Crippen LogP contribution is -2.38. The molecule has 220 valence electrons. The van der Waals surface area contributed by atoms with Crippen molar-refractivity contribution in [2.24, 2.45) is 5.10 Å². The fourth-order valence-electron chi connectivity index (χ4n) is 5.40. The van der Waals surface area contributed by atoms with E-state index in [1.807, 2.05) is 108 Å². The second-order valence-corrected chi connectivity index (χ2v) is 11.4. The van der Waals surface area contributed by atoms with Crippen LogP contribution in [0, 0.1) is 6.92 Å². The lowest BCUT2D eigenvalue weighted by Gasteiger charge is -2.34. The minimum absolute atomic E-state index is 0.164. The lowest BCUT2D eigenvalue weighted by atomic mass is 10.1. The van der Waals surface area contributed by atoms with Gasteiger partial charge in [-0.3, -0.25) is 9.69 Å². The van der Waals surface area contributed by atoms with Gasteiger partial charge in [0.25, 0.3) is 0 Å². The van der Waals surface area contributed by atoms with Gasteiger partial charge in [-0.2, -0.15) is 0 Å². The van der Waals surface area contributed by atoms with Crippen LogP contribution in [0.3, 0.4) is 0 Å². The van der Waals surface area contributed by atoms with Crippen molar-refractivity contribution < 1.29 is 14.3 Å². The highest BCUT2D eigenvalue weighted by Crippen LogP contribution is 2.44. The predicted octanol–water partition coefficient (Wildman–Crippen LogP) is 7.65. The van der Waals surface area contributed by atoms with Crippen molar-refractivity contribution in [3.63, 3.8) is 0 Å². The molecule has 0 radical (unpaired) electrons. The maximum Gasteiger partial charge on any atom is 0.198 e. The number of rotatable bonds is 8. The molecule has 0 amide bonds. The molecule has 0 saturated carbocycles. The third-order valence-electron chi connectivity index (χ3n) is 7.62. The number of ether oxygens (including phenoxy) is 2. The van der Waals surface area contributed by atoms with Crippen molar-refractivity contribution in [2.75, 3.05) is 41.1 Å². The first kappa shape index (κ1) is 29.1. The molecule has 2 heterocycles. The van der Waals surface area contributed by atoms with E-state index in [0.717, 1.165) is 46.8 Å². The van der Waals surface area contributed by atoms with Crippen LogP contribution in [0.4, 0.5) is 17.1 Å². The van der Waals surface area contributed by atoms with Crippen LogP contribution >= 0.6 is 23.2 Å². The number of amidine groups is 1. The first-order chi connectivity index (χ1) is 20.9. The van der Waals surface area contributed by atoms with E-state index < -0.39 is 6.17 Å². The van der Waals surface area contributed by atoms with E-state index in [1.54, 1.807) is 0 Å². The first-order valence-corrected chi connectivity index (χ1v) is 15.0. The van der Waals surface area contributed by atoms with Crippen LogP contribution in [0.2, 0.25) is 10.0 Å². The van der Waals surface area contributed by atoms with Crippen LogP contribution in [-0.2, 0) is 16.1 Å². The Hall–Kier alpha value is -4.04. The number of anilines is 3. The van der Waals surface area contributed by atoms with E-state index >= 15 is 0 Å². The average Bonchev–Trinajstić information content (AvgIpc) is 3.42. The van der Waals surface area contributed by atoms with Gasteiger partial charge in [-0.1, -0.05) is 77.3 Å². The van der Waals surface area contributed by atoms with E-state index in [2.05, 4.69) is 4.90 Å². The quantitative estimate of drug-likeness (QED) is 0.203. The maximum absolute atomic E-state index is 13.2. The standard InChI is InChI=1S/C34H32Cl2N4O3/c1-23-11-13-26(14-12-23)40-34(28-8-4-6-10-32(28)43-22-25-7-3-5-9-29(25)35)39(33(37-40)24(2)41)27-15-16-31(30(36)21-27)38-17-19-42-20-18-38/h3-16,21,34H,17-20,22H2,1-2H3. The monoisotopic (exact) mass is 614 g/mol. The molecular formula is C34H32Cl2N4O3. The Labute approximate surface area is 261 Å². The molecule has 1 fully saturated rings. The molecule has 0 aromatic heterocycles. The van der Waals surface area contributed by atoms with Gasteiger partial charge in [0.15, 0.2) is 17.8 Å². The minimum atomic E-state index is -0.533. The van der Waals surface area contributed by atoms with Gasteiger partial charge in [0.2, 0.25) is 0 Å². The zero-order valence-corrected chi connectivity index (χ0v) is 25.6. The van der Waals surface area contributed by atoms with Gasteiger partial charge in [-0.05, 0) is 49.4 Å². The number of hydrogen-bond acceptors (Lipinski definition) is 7. The molecule has 7 nitrogen and oxygen atoms in total. The number of Topliss-reactive ketones (excluding diaryl/α,β-unsaturated/α-hetero) is 1. The number of para-hydroxylation sites is 1. The van der Waals surface area contributed by atoms with Gasteiger partial charge >= 0.3 is 0 Å². The average molecular weight is 616 g/mol. The molecular weight excluding hydrogens is 583 g/mol. The molecule has 0 N–H and O–H groups in total. The summed E-state index contributed by atoms with van der Waals surface area (Å²) in [6.45, 7) is 6.71. The zero-order valence-electron chi connectivity index (χ0n) is 24.0. The summed E-state index contributed by atoms with van der Waals surface area (Å²) in [6.07, 6.45) is -0.533. The third kappa shape index (κ3) is 6.07. The molecule has 2 aliphatic rings. The molecule has 43 heavy (non-hydrogen) atoms. The fraction of sp³-hybridized carbons (Fsp3) is 0.235. The van der Waals surface area contributed by atoms with E-state index in [-0.39, 0.29) is 12.4 Å². The summed E-state index contributed by atoms with van der Waals surface area (Å²) in [4.78, 5) is 17.3. The first-order valence-electron chi connectivity index (χ1n) is 14.2. The van der Waals surface area contributed by atoms with E-state index in [4.69, 9.17) is 37.8 Å². The third-order valence-corrected chi connectivity index (χ3v) is 8.29. The zero-order chi connectivity index (χ0) is 29.9. The topological polar surface area (TPSA) is 57.6 Å². The van der Waals surface area contributed by atoms with E-state index in [0.29, 0.717) is 34.8 Å². The second-order valence-electron chi connectivity index (χ2n) is 10.6. The Morgan fingerprint density at radius 1 is 0.907 bits per heavy atom. The largest absolute Gasteiger partial charge is 0.488 e. The number of hydrazone groups is 1. The molecule has 0 aliphatic carbocycles. The number of carbonyl (C=O) groups is 1. The molecule has 1 atom stereocenters. The summed E-state index contributed by atoms with van der Waals surface area (Å²) >= 11 is 13.4. The van der Waals surface area contributed by atoms with Crippen LogP contribution in [0.5, 0.6) is 5.75 Å². The van der Waals surface area contributed by atoms with Gasteiger partial charge in [0.05, 0.1) is 29.6 Å². The smallest absolute Gasteiger partial charge is 0.198 e. The van der Waals surface area contributed by atoms with E-state index in [9.17, 15) is 4.79 Å². The molecule has 4 aromatic carbocycles. The van der Waals surface area contributed by atoms with Crippen LogP contribution < -0.4 is 19.5 Å². The predicted molar refractivity (Wildman–Crippen MR) is 174 cm³/mol. The number of ketones is 1. The molecule has 0 spiro atoms. The summed E-state index contributed by atoms with van der Waals surface area (Å²) in [5, 5.41) is 8.01. The molecule has 2 aliphatic heterocycles.